The lowest BCUT2D eigenvalue weighted by atomic mass is 10.1. The normalized spacial score (nSPS) is 10.4. The fraction of sp³-hybridized carbons (Fsp3) is 0.333. The molecule has 0 saturated carbocycles. The largest absolute Gasteiger partial charge is 0.491 e. The third-order valence-electron chi connectivity index (χ3n) is 4.18. The molecule has 0 aliphatic heterocycles. The van der Waals surface area contributed by atoms with Gasteiger partial charge in [0, 0.05) is 19.2 Å². The lowest BCUT2D eigenvalue weighted by Gasteiger charge is -2.18. The number of hydrogen-bond acceptors (Lipinski definition) is 3. The highest BCUT2D eigenvalue weighted by Crippen LogP contribution is 2.19. The maximum Gasteiger partial charge on any atom is 0.243 e. The van der Waals surface area contributed by atoms with Gasteiger partial charge in [0.15, 0.2) is 11.6 Å². The summed E-state index contributed by atoms with van der Waals surface area (Å²) in [6.45, 7) is 4.05. The van der Waals surface area contributed by atoms with Crippen LogP contribution in [0.1, 0.15) is 24.0 Å². The number of carbonyl (C=O) groups is 2. The van der Waals surface area contributed by atoms with Crippen LogP contribution in [0, 0.1) is 19.7 Å². The Balaban J connectivity index is 1.75. The number of nitrogens with zero attached hydrogens (tertiary/aromatic N) is 1. The van der Waals surface area contributed by atoms with E-state index in [4.69, 9.17) is 4.74 Å². The first-order chi connectivity index (χ1) is 12.9. The molecule has 0 bridgehead atoms. The Labute approximate surface area is 159 Å². The number of hydrogen-bond donors (Lipinski definition) is 1. The molecule has 0 fully saturated rings. The lowest BCUT2D eigenvalue weighted by molar-refractivity contribution is -0.133. The van der Waals surface area contributed by atoms with Gasteiger partial charge in [-0.3, -0.25) is 9.59 Å². The number of para-hydroxylation sites is 2. The Kier molecular flexibility index (Phi) is 7.34. The first-order valence-electron chi connectivity index (χ1n) is 8.86. The average molecular weight is 372 g/mol. The zero-order valence-corrected chi connectivity index (χ0v) is 15.9. The van der Waals surface area contributed by atoms with Crippen LogP contribution in [0.5, 0.6) is 5.75 Å². The Morgan fingerprint density at radius 1 is 1.07 bits per heavy atom. The smallest absolute Gasteiger partial charge is 0.243 e. The van der Waals surface area contributed by atoms with Crippen molar-refractivity contribution in [2.75, 3.05) is 25.5 Å². The summed E-state index contributed by atoms with van der Waals surface area (Å²) in [4.78, 5) is 25.8. The molecule has 2 rings (SSSR count). The molecule has 2 amide bonds. The van der Waals surface area contributed by atoms with Gasteiger partial charge in [-0.2, -0.15) is 0 Å². The molecule has 144 valence electrons. The molecule has 2 aromatic carbocycles. The maximum absolute atomic E-state index is 13.4. The van der Waals surface area contributed by atoms with E-state index in [2.05, 4.69) is 5.32 Å². The second kappa shape index (κ2) is 9.71. The van der Waals surface area contributed by atoms with Crippen LogP contribution in [-0.2, 0) is 9.59 Å². The van der Waals surface area contributed by atoms with Gasteiger partial charge in [-0.1, -0.05) is 30.3 Å². The van der Waals surface area contributed by atoms with Crippen molar-refractivity contribution in [1.29, 1.82) is 0 Å². The first-order valence-corrected chi connectivity index (χ1v) is 8.86. The van der Waals surface area contributed by atoms with Crippen LogP contribution < -0.4 is 10.1 Å². The van der Waals surface area contributed by atoms with Gasteiger partial charge in [0.25, 0.3) is 0 Å². The van der Waals surface area contributed by atoms with Crippen LogP contribution in [0.4, 0.5) is 10.1 Å². The molecule has 0 radical (unpaired) electrons. The lowest BCUT2D eigenvalue weighted by Crippen LogP contribution is -2.35. The Morgan fingerprint density at radius 2 is 1.74 bits per heavy atom. The van der Waals surface area contributed by atoms with Crippen LogP contribution in [0.25, 0.3) is 0 Å². The van der Waals surface area contributed by atoms with Crippen LogP contribution in [0.15, 0.2) is 42.5 Å². The molecule has 1 N–H and O–H groups in total. The third-order valence-corrected chi connectivity index (χ3v) is 4.18. The second-order valence-electron chi connectivity index (χ2n) is 6.45. The molecular formula is C21H25FN2O3. The van der Waals surface area contributed by atoms with Gasteiger partial charge in [0.05, 0.1) is 13.2 Å². The van der Waals surface area contributed by atoms with E-state index in [-0.39, 0.29) is 37.1 Å². The standard InChI is InChI=1S/C21H25FN2O3/c1-15-8-6-9-16(2)21(15)23-19(25)14-24(3)20(26)12-7-13-27-18-11-5-4-10-17(18)22/h4-6,8-11H,7,12-14H2,1-3H3,(H,23,25). The fourth-order valence-corrected chi connectivity index (χ4v) is 2.65. The Hall–Kier alpha value is -2.89. The number of halogens is 1. The molecule has 0 aliphatic rings. The van der Waals surface area contributed by atoms with E-state index in [1.807, 2.05) is 32.0 Å². The van der Waals surface area contributed by atoms with Crippen LogP contribution >= 0.6 is 0 Å². The van der Waals surface area contributed by atoms with Crippen molar-refractivity contribution in [3.8, 4) is 5.75 Å². The van der Waals surface area contributed by atoms with Gasteiger partial charge in [-0.25, -0.2) is 4.39 Å². The number of likely N-dealkylation sites (N-methyl/N-ethyl adjacent to an activating group) is 1. The molecule has 2 aromatic rings. The number of anilines is 1. The molecule has 0 heterocycles. The molecule has 0 aliphatic carbocycles. The summed E-state index contributed by atoms with van der Waals surface area (Å²) in [6, 6.07) is 11.9. The quantitative estimate of drug-likeness (QED) is 0.719. The van der Waals surface area contributed by atoms with Gasteiger partial charge in [-0.15, -0.1) is 0 Å². The molecular weight excluding hydrogens is 347 g/mol. The highest BCUT2D eigenvalue weighted by atomic mass is 19.1. The van der Waals surface area contributed by atoms with Crippen molar-refractivity contribution in [2.45, 2.75) is 26.7 Å². The van der Waals surface area contributed by atoms with Crippen molar-refractivity contribution in [3.63, 3.8) is 0 Å². The molecule has 0 atom stereocenters. The van der Waals surface area contributed by atoms with Crippen molar-refractivity contribution < 1.29 is 18.7 Å². The van der Waals surface area contributed by atoms with E-state index in [0.717, 1.165) is 16.8 Å². The van der Waals surface area contributed by atoms with Gasteiger partial charge < -0.3 is 15.0 Å². The summed E-state index contributed by atoms with van der Waals surface area (Å²) in [7, 11) is 1.59. The van der Waals surface area contributed by atoms with Crippen LogP contribution in [0.2, 0.25) is 0 Å². The minimum atomic E-state index is -0.427. The van der Waals surface area contributed by atoms with Gasteiger partial charge >= 0.3 is 0 Å². The van der Waals surface area contributed by atoms with Gasteiger partial charge in [-0.05, 0) is 43.5 Å². The number of rotatable bonds is 8. The summed E-state index contributed by atoms with van der Waals surface area (Å²) in [5.41, 5.74) is 2.73. The van der Waals surface area contributed by atoms with E-state index >= 15 is 0 Å². The fourth-order valence-electron chi connectivity index (χ4n) is 2.65. The molecule has 0 saturated heterocycles. The number of amides is 2. The van der Waals surface area contributed by atoms with Crippen molar-refractivity contribution in [3.05, 3.63) is 59.4 Å². The monoisotopic (exact) mass is 372 g/mol. The minimum Gasteiger partial charge on any atom is -0.491 e. The van der Waals surface area contributed by atoms with Crippen LogP contribution in [0.3, 0.4) is 0 Å². The van der Waals surface area contributed by atoms with Gasteiger partial charge in [0.1, 0.15) is 0 Å². The van der Waals surface area contributed by atoms with E-state index in [1.165, 1.54) is 11.0 Å². The van der Waals surface area contributed by atoms with Crippen molar-refractivity contribution in [2.24, 2.45) is 0 Å². The minimum absolute atomic E-state index is 0.0270. The zero-order chi connectivity index (χ0) is 19.8. The van der Waals surface area contributed by atoms with Crippen LogP contribution in [-0.4, -0.2) is 36.9 Å². The summed E-state index contributed by atoms with van der Waals surface area (Å²) in [5, 5.41) is 2.86. The molecule has 0 spiro atoms. The van der Waals surface area contributed by atoms with E-state index in [1.54, 1.807) is 25.2 Å². The topological polar surface area (TPSA) is 58.6 Å². The Morgan fingerprint density at radius 3 is 2.41 bits per heavy atom. The highest BCUT2D eigenvalue weighted by molar-refractivity contribution is 5.95. The predicted molar refractivity (Wildman–Crippen MR) is 103 cm³/mol. The SMILES string of the molecule is Cc1cccc(C)c1NC(=O)CN(C)C(=O)CCCOc1ccccc1F. The van der Waals surface area contributed by atoms with Crippen molar-refractivity contribution in [1.82, 2.24) is 4.90 Å². The summed E-state index contributed by atoms with van der Waals surface area (Å²) in [5.74, 6) is -0.662. The first kappa shape index (κ1) is 20.4. The molecule has 27 heavy (non-hydrogen) atoms. The summed E-state index contributed by atoms with van der Waals surface area (Å²) in [6.07, 6.45) is 0.664. The van der Waals surface area contributed by atoms with E-state index in [9.17, 15) is 14.0 Å². The summed E-state index contributed by atoms with van der Waals surface area (Å²) >= 11 is 0. The predicted octanol–water partition coefficient (Wildman–Crippen LogP) is 3.70. The number of aryl methyl sites for hydroxylation is 2. The van der Waals surface area contributed by atoms with E-state index in [0.29, 0.717) is 6.42 Å². The zero-order valence-electron chi connectivity index (χ0n) is 15.9. The Bertz CT molecular complexity index is 788. The van der Waals surface area contributed by atoms with Crippen molar-refractivity contribution >= 4 is 17.5 Å². The highest BCUT2D eigenvalue weighted by Gasteiger charge is 2.14. The number of ether oxygens (including phenoxy) is 1. The summed E-state index contributed by atoms with van der Waals surface area (Å²) < 4.78 is 18.8. The third kappa shape index (κ3) is 6.09. The second-order valence-corrected chi connectivity index (χ2v) is 6.45. The maximum atomic E-state index is 13.4. The molecule has 6 heteroatoms. The number of carbonyl (C=O) groups excluding carboxylic acids is 2. The molecule has 5 nitrogen and oxygen atoms in total. The van der Waals surface area contributed by atoms with E-state index < -0.39 is 5.82 Å². The molecule has 0 aromatic heterocycles. The molecule has 0 unspecified atom stereocenters. The average Bonchev–Trinajstić information content (AvgIpc) is 2.63. The number of nitrogens with one attached hydrogen (secondary N) is 1. The van der Waals surface area contributed by atoms with Gasteiger partial charge in [0.2, 0.25) is 11.8 Å². The number of benzene rings is 2.